The topological polar surface area (TPSA) is 92.7 Å². The summed E-state index contributed by atoms with van der Waals surface area (Å²) >= 11 is 0. The van der Waals surface area contributed by atoms with Gasteiger partial charge < -0.3 is 15.2 Å². The van der Waals surface area contributed by atoms with E-state index in [1.54, 1.807) is 24.3 Å². The molecule has 0 aliphatic carbocycles. The van der Waals surface area contributed by atoms with Crippen molar-refractivity contribution in [3.63, 3.8) is 0 Å². The molecule has 1 rings (SSSR count). The highest BCUT2D eigenvalue weighted by molar-refractivity contribution is 5.94. The van der Waals surface area contributed by atoms with Gasteiger partial charge in [-0.25, -0.2) is 0 Å². The Hall–Kier alpha value is -2.37. The number of amides is 1. The van der Waals surface area contributed by atoms with Crippen molar-refractivity contribution in [3.05, 3.63) is 29.8 Å². The van der Waals surface area contributed by atoms with Gasteiger partial charge in [0.1, 0.15) is 5.75 Å². The SMILES string of the molecule is CC(=O)c1ccc(OCCCC(=O)NCCC(=O)O)cc1. The Kier molecular flexibility index (Phi) is 6.94. The molecule has 1 aromatic rings. The molecule has 21 heavy (non-hydrogen) atoms. The van der Waals surface area contributed by atoms with Crippen molar-refractivity contribution < 1.29 is 24.2 Å². The first-order valence-electron chi connectivity index (χ1n) is 6.71. The fourth-order valence-electron chi connectivity index (χ4n) is 1.61. The number of aliphatic carboxylic acids is 1. The van der Waals surface area contributed by atoms with Gasteiger partial charge in [0.15, 0.2) is 5.78 Å². The molecule has 0 unspecified atom stereocenters. The van der Waals surface area contributed by atoms with E-state index < -0.39 is 5.97 Å². The van der Waals surface area contributed by atoms with Crippen LogP contribution in [0.5, 0.6) is 5.75 Å². The summed E-state index contributed by atoms with van der Waals surface area (Å²) in [4.78, 5) is 32.7. The third-order valence-corrected chi connectivity index (χ3v) is 2.74. The Labute approximate surface area is 123 Å². The number of ether oxygens (including phenoxy) is 1. The summed E-state index contributed by atoms with van der Waals surface area (Å²) in [6.07, 6.45) is 0.739. The summed E-state index contributed by atoms with van der Waals surface area (Å²) in [7, 11) is 0. The molecule has 0 aliphatic rings. The summed E-state index contributed by atoms with van der Waals surface area (Å²) in [6, 6.07) is 6.81. The van der Waals surface area contributed by atoms with Crippen LogP contribution in [0.15, 0.2) is 24.3 Å². The molecule has 1 aromatic carbocycles. The monoisotopic (exact) mass is 293 g/mol. The third kappa shape index (κ3) is 7.10. The second-order valence-corrected chi connectivity index (χ2v) is 4.53. The van der Waals surface area contributed by atoms with Crippen LogP contribution in [0.4, 0.5) is 0 Å². The average molecular weight is 293 g/mol. The molecule has 0 saturated heterocycles. The molecule has 0 radical (unpaired) electrons. The second-order valence-electron chi connectivity index (χ2n) is 4.53. The predicted octanol–water partition coefficient (Wildman–Crippen LogP) is 1.64. The normalized spacial score (nSPS) is 9.95. The van der Waals surface area contributed by atoms with Crippen molar-refractivity contribution in [1.29, 1.82) is 0 Å². The smallest absolute Gasteiger partial charge is 0.305 e. The highest BCUT2D eigenvalue weighted by Gasteiger charge is 2.03. The van der Waals surface area contributed by atoms with Crippen molar-refractivity contribution >= 4 is 17.7 Å². The maximum atomic E-state index is 11.4. The maximum absolute atomic E-state index is 11.4. The Morgan fingerprint density at radius 2 is 1.81 bits per heavy atom. The molecule has 114 valence electrons. The standard InChI is InChI=1S/C15H19NO5/c1-11(17)12-4-6-13(7-5-12)21-10-2-3-14(18)16-9-8-15(19)20/h4-7H,2-3,8-10H2,1H3,(H,16,18)(H,19,20). The van der Waals surface area contributed by atoms with Crippen LogP contribution < -0.4 is 10.1 Å². The van der Waals surface area contributed by atoms with Gasteiger partial charge in [0.05, 0.1) is 13.0 Å². The number of carboxylic acids is 1. The molecule has 0 atom stereocenters. The largest absolute Gasteiger partial charge is 0.494 e. The second kappa shape index (κ2) is 8.73. The first-order chi connectivity index (χ1) is 9.99. The van der Waals surface area contributed by atoms with Crippen LogP contribution >= 0.6 is 0 Å². The Morgan fingerprint density at radius 3 is 2.38 bits per heavy atom. The number of rotatable bonds is 9. The zero-order chi connectivity index (χ0) is 15.7. The number of carbonyl (C=O) groups excluding carboxylic acids is 2. The molecule has 0 bridgehead atoms. The van der Waals surface area contributed by atoms with Gasteiger partial charge in [0, 0.05) is 18.5 Å². The fraction of sp³-hybridized carbons (Fsp3) is 0.400. The lowest BCUT2D eigenvalue weighted by molar-refractivity contribution is -0.136. The van der Waals surface area contributed by atoms with Gasteiger partial charge in [-0.1, -0.05) is 0 Å². The van der Waals surface area contributed by atoms with Crippen LogP contribution in [-0.2, 0) is 9.59 Å². The molecule has 0 saturated carbocycles. The highest BCUT2D eigenvalue weighted by Crippen LogP contribution is 2.12. The average Bonchev–Trinajstić information content (AvgIpc) is 2.43. The molecule has 0 spiro atoms. The molecule has 0 heterocycles. The van der Waals surface area contributed by atoms with E-state index >= 15 is 0 Å². The summed E-state index contributed by atoms with van der Waals surface area (Å²) in [5.41, 5.74) is 0.625. The molecule has 0 aromatic heterocycles. The van der Waals surface area contributed by atoms with Crippen molar-refractivity contribution in [2.75, 3.05) is 13.2 Å². The van der Waals surface area contributed by atoms with Gasteiger partial charge in [-0.05, 0) is 37.6 Å². The first-order valence-corrected chi connectivity index (χ1v) is 6.71. The van der Waals surface area contributed by atoms with E-state index in [0.717, 1.165) is 0 Å². The van der Waals surface area contributed by atoms with E-state index in [1.165, 1.54) is 6.92 Å². The molecule has 0 aliphatic heterocycles. The number of hydrogen-bond acceptors (Lipinski definition) is 4. The molecule has 0 fully saturated rings. The lowest BCUT2D eigenvalue weighted by Gasteiger charge is -2.07. The molecule has 2 N–H and O–H groups in total. The van der Waals surface area contributed by atoms with Crippen LogP contribution in [0.3, 0.4) is 0 Å². The Morgan fingerprint density at radius 1 is 1.14 bits per heavy atom. The van der Waals surface area contributed by atoms with Crippen molar-refractivity contribution in [2.45, 2.75) is 26.2 Å². The van der Waals surface area contributed by atoms with Crippen molar-refractivity contribution in [1.82, 2.24) is 5.32 Å². The number of Topliss-reactive ketones (excluding diaryl/α,β-unsaturated/α-hetero) is 1. The quantitative estimate of drug-likeness (QED) is 0.533. The summed E-state index contributed by atoms with van der Waals surface area (Å²) in [6.45, 7) is 2.02. The number of carbonyl (C=O) groups is 3. The Balaban J connectivity index is 2.17. The summed E-state index contributed by atoms with van der Waals surface area (Å²) < 4.78 is 5.45. The zero-order valence-corrected chi connectivity index (χ0v) is 11.9. The molecule has 1 amide bonds. The van der Waals surface area contributed by atoms with Crippen LogP contribution in [0.25, 0.3) is 0 Å². The maximum Gasteiger partial charge on any atom is 0.305 e. The third-order valence-electron chi connectivity index (χ3n) is 2.74. The number of hydrogen-bond donors (Lipinski definition) is 2. The van der Waals surface area contributed by atoms with E-state index in [0.29, 0.717) is 24.3 Å². The highest BCUT2D eigenvalue weighted by atomic mass is 16.5. The zero-order valence-electron chi connectivity index (χ0n) is 11.9. The minimum Gasteiger partial charge on any atom is -0.494 e. The van der Waals surface area contributed by atoms with E-state index in [-0.39, 0.29) is 31.1 Å². The van der Waals surface area contributed by atoms with Crippen LogP contribution in [0.1, 0.15) is 36.5 Å². The predicted molar refractivity (Wildman–Crippen MR) is 76.4 cm³/mol. The molecular weight excluding hydrogens is 274 g/mol. The van der Waals surface area contributed by atoms with Crippen LogP contribution in [0.2, 0.25) is 0 Å². The summed E-state index contributed by atoms with van der Waals surface area (Å²) in [5, 5.41) is 10.9. The van der Waals surface area contributed by atoms with E-state index in [9.17, 15) is 14.4 Å². The summed E-state index contributed by atoms with van der Waals surface area (Å²) in [5.74, 6) is -0.481. The number of carboxylic acid groups (broad SMARTS) is 1. The van der Waals surface area contributed by atoms with Gasteiger partial charge in [-0.3, -0.25) is 14.4 Å². The van der Waals surface area contributed by atoms with Crippen LogP contribution in [-0.4, -0.2) is 35.9 Å². The minimum absolute atomic E-state index is 0.000387. The van der Waals surface area contributed by atoms with E-state index in [4.69, 9.17) is 9.84 Å². The van der Waals surface area contributed by atoms with E-state index in [2.05, 4.69) is 5.32 Å². The lowest BCUT2D eigenvalue weighted by Crippen LogP contribution is -2.26. The van der Waals surface area contributed by atoms with E-state index in [1.807, 2.05) is 0 Å². The number of nitrogens with one attached hydrogen (secondary N) is 1. The Bertz CT molecular complexity index is 495. The van der Waals surface area contributed by atoms with Crippen molar-refractivity contribution in [2.24, 2.45) is 0 Å². The molecular formula is C15H19NO5. The van der Waals surface area contributed by atoms with Gasteiger partial charge in [0.25, 0.3) is 0 Å². The number of ketones is 1. The van der Waals surface area contributed by atoms with Gasteiger partial charge in [-0.2, -0.15) is 0 Å². The van der Waals surface area contributed by atoms with Crippen LogP contribution in [0, 0.1) is 0 Å². The van der Waals surface area contributed by atoms with Crippen molar-refractivity contribution in [3.8, 4) is 5.75 Å². The van der Waals surface area contributed by atoms with Gasteiger partial charge in [0.2, 0.25) is 5.91 Å². The van der Waals surface area contributed by atoms with Gasteiger partial charge in [-0.15, -0.1) is 0 Å². The lowest BCUT2D eigenvalue weighted by atomic mass is 10.1. The minimum atomic E-state index is -0.937. The van der Waals surface area contributed by atoms with Gasteiger partial charge >= 0.3 is 5.97 Å². The number of benzene rings is 1. The molecule has 6 nitrogen and oxygen atoms in total. The first kappa shape index (κ1) is 16.7. The molecule has 6 heteroatoms. The fourth-order valence-corrected chi connectivity index (χ4v) is 1.61.